The summed E-state index contributed by atoms with van der Waals surface area (Å²) in [5.41, 5.74) is 1.44. The van der Waals surface area contributed by atoms with Crippen LogP contribution in [0.15, 0.2) is 24.3 Å². The van der Waals surface area contributed by atoms with Crippen molar-refractivity contribution in [1.82, 2.24) is 0 Å². The fourth-order valence-corrected chi connectivity index (χ4v) is 0.774. The maximum atomic E-state index is 5.54. The van der Waals surface area contributed by atoms with E-state index in [-0.39, 0.29) is 0 Å². The third-order valence-corrected chi connectivity index (χ3v) is 8.06. The molecule has 1 aromatic carbocycles. The van der Waals surface area contributed by atoms with Crippen molar-refractivity contribution >= 4 is 20.2 Å². The van der Waals surface area contributed by atoms with Crippen molar-refractivity contribution in [1.29, 1.82) is 0 Å². The van der Waals surface area contributed by atoms with Gasteiger partial charge in [-0.15, -0.1) is 0 Å². The second kappa shape index (κ2) is 7.91. The summed E-state index contributed by atoms with van der Waals surface area (Å²) in [5, 5.41) is 0. The van der Waals surface area contributed by atoms with Crippen LogP contribution < -0.4 is 0 Å². The molecule has 0 saturated carbocycles. The standard InChI is InChI=1S/C8H11.C3H6.2ClH.Zr/c1-7(2)8-5-3-4-6-8;1-3-2;;;/h3-7H,1-2H3;1-2H3;2*1H;/q-1;;;;+2/p-2. The predicted octanol–water partition coefficient (Wildman–Crippen LogP) is 4.65. The molecule has 0 fully saturated rings. The quantitative estimate of drug-likeness (QED) is 0.662. The normalized spacial score (nSPS) is 9.36. The molecule has 0 heterocycles. The van der Waals surface area contributed by atoms with Crippen LogP contribution >= 0.6 is 17.0 Å². The molecule has 1 rings (SSSR count). The van der Waals surface area contributed by atoms with Crippen molar-refractivity contribution in [2.75, 3.05) is 0 Å². The van der Waals surface area contributed by atoms with Crippen LogP contribution in [0.4, 0.5) is 0 Å². The zero-order valence-electron chi connectivity index (χ0n) is 9.14. The van der Waals surface area contributed by atoms with Gasteiger partial charge in [0.25, 0.3) is 0 Å². The third kappa shape index (κ3) is 7.04. The summed E-state index contributed by atoms with van der Waals surface area (Å²) in [4.78, 5) is 0. The SMILES string of the molecule is CC(C)c1cc[cH-]c1.C[C](C)=[Zr]([Cl])[Cl]. The van der Waals surface area contributed by atoms with Gasteiger partial charge in [0.1, 0.15) is 0 Å². The Kier molecular flexibility index (Phi) is 8.29. The van der Waals surface area contributed by atoms with Gasteiger partial charge in [-0.2, -0.15) is 23.8 Å². The molecule has 0 aliphatic heterocycles. The Hall–Kier alpha value is 0.683. The van der Waals surface area contributed by atoms with E-state index in [1.54, 1.807) is 0 Å². The van der Waals surface area contributed by atoms with Crippen molar-refractivity contribution in [3.8, 4) is 0 Å². The molecule has 0 aliphatic rings. The average molecular weight is 311 g/mol. The molecule has 0 nitrogen and oxygen atoms in total. The summed E-state index contributed by atoms with van der Waals surface area (Å²) in [6, 6.07) is 8.47. The first-order chi connectivity index (χ1) is 6.45. The molecule has 0 aliphatic carbocycles. The summed E-state index contributed by atoms with van der Waals surface area (Å²) < 4.78 is 1.24. The van der Waals surface area contributed by atoms with E-state index in [4.69, 9.17) is 17.0 Å². The predicted molar refractivity (Wildman–Crippen MR) is 64.2 cm³/mol. The van der Waals surface area contributed by atoms with Gasteiger partial charge in [0.2, 0.25) is 0 Å². The Morgan fingerprint density at radius 1 is 1.36 bits per heavy atom. The van der Waals surface area contributed by atoms with Gasteiger partial charge in [-0.25, -0.2) is 6.07 Å². The molecular formula is C11H17Cl2Zr-. The van der Waals surface area contributed by atoms with Crippen molar-refractivity contribution in [3.63, 3.8) is 0 Å². The second-order valence-corrected chi connectivity index (χ2v) is 13.0. The van der Waals surface area contributed by atoms with E-state index in [1.807, 2.05) is 13.8 Å². The molecule has 0 atom stereocenters. The Bertz CT molecular complexity index is 255. The Labute approximate surface area is 102 Å². The molecule has 14 heavy (non-hydrogen) atoms. The summed E-state index contributed by atoms with van der Waals surface area (Å²) >= 11 is -1.84. The van der Waals surface area contributed by atoms with Crippen LogP contribution in [0.3, 0.4) is 0 Å². The van der Waals surface area contributed by atoms with Crippen molar-refractivity contribution in [2.24, 2.45) is 0 Å². The molecule has 0 spiro atoms. The summed E-state index contributed by atoms with van der Waals surface area (Å²) in [7, 11) is 11.1. The summed E-state index contributed by atoms with van der Waals surface area (Å²) in [5.74, 6) is 0.685. The molecule has 80 valence electrons. The van der Waals surface area contributed by atoms with E-state index >= 15 is 0 Å². The van der Waals surface area contributed by atoms with Gasteiger partial charge in [0.15, 0.2) is 0 Å². The van der Waals surface area contributed by atoms with Crippen molar-refractivity contribution in [3.05, 3.63) is 29.8 Å². The van der Waals surface area contributed by atoms with Crippen LogP contribution in [0.5, 0.6) is 0 Å². The fourth-order valence-electron chi connectivity index (χ4n) is 0.774. The minimum absolute atomic E-state index is 0.685. The Balaban J connectivity index is 0.000000255. The third-order valence-electron chi connectivity index (χ3n) is 1.73. The molecule has 0 aromatic heterocycles. The van der Waals surface area contributed by atoms with E-state index < -0.39 is 18.9 Å². The van der Waals surface area contributed by atoms with E-state index in [1.165, 1.54) is 8.77 Å². The monoisotopic (exact) mass is 309 g/mol. The van der Waals surface area contributed by atoms with Crippen molar-refractivity contribution in [2.45, 2.75) is 33.6 Å². The van der Waals surface area contributed by atoms with E-state index in [0.29, 0.717) is 5.92 Å². The number of hydrogen-bond acceptors (Lipinski definition) is 0. The molecule has 0 unspecified atom stereocenters. The zero-order chi connectivity index (χ0) is 11.1. The van der Waals surface area contributed by atoms with Crippen LogP contribution in [0, 0.1) is 0 Å². The van der Waals surface area contributed by atoms with E-state index in [2.05, 4.69) is 38.1 Å². The van der Waals surface area contributed by atoms with Gasteiger partial charge in [-0.1, -0.05) is 19.8 Å². The molecule has 0 N–H and O–H groups in total. The molecule has 0 bridgehead atoms. The second-order valence-electron chi connectivity index (χ2n) is 3.63. The summed E-state index contributed by atoms with van der Waals surface area (Å²) in [6.45, 7) is 8.37. The number of hydrogen-bond donors (Lipinski definition) is 0. The summed E-state index contributed by atoms with van der Waals surface area (Å²) in [6.07, 6.45) is 0. The number of rotatable bonds is 1. The molecule has 0 radical (unpaired) electrons. The molecule has 3 heteroatoms. The van der Waals surface area contributed by atoms with Gasteiger partial charge in [0.05, 0.1) is 0 Å². The molecule has 0 saturated heterocycles. The van der Waals surface area contributed by atoms with Crippen molar-refractivity contribution < 1.29 is 18.9 Å². The van der Waals surface area contributed by atoms with Crippen LogP contribution in [-0.2, 0) is 18.9 Å². The Morgan fingerprint density at radius 3 is 2.00 bits per heavy atom. The molecular weight excluding hydrogens is 294 g/mol. The van der Waals surface area contributed by atoms with E-state index in [9.17, 15) is 0 Å². The van der Waals surface area contributed by atoms with E-state index in [0.717, 1.165) is 0 Å². The molecule has 1 aromatic rings. The van der Waals surface area contributed by atoms with Gasteiger partial charge in [-0.3, -0.25) is 0 Å². The van der Waals surface area contributed by atoms with Gasteiger partial charge >= 0.3 is 53.0 Å². The zero-order valence-corrected chi connectivity index (χ0v) is 13.1. The van der Waals surface area contributed by atoms with Crippen LogP contribution in [0.1, 0.15) is 39.2 Å². The first kappa shape index (κ1) is 14.7. The van der Waals surface area contributed by atoms with Crippen LogP contribution in [0.25, 0.3) is 0 Å². The number of halogens is 2. The van der Waals surface area contributed by atoms with Gasteiger partial charge in [-0.05, 0) is 0 Å². The van der Waals surface area contributed by atoms with Crippen LogP contribution in [0.2, 0.25) is 0 Å². The van der Waals surface area contributed by atoms with Crippen LogP contribution in [-0.4, -0.2) is 3.21 Å². The molecule has 0 amide bonds. The topological polar surface area (TPSA) is 0 Å². The maximum absolute atomic E-state index is 5.54. The first-order valence-electron chi connectivity index (χ1n) is 4.65. The minimum atomic E-state index is -1.84. The fraction of sp³-hybridized carbons (Fsp3) is 0.455. The van der Waals surface area contributed by atoms with Gasteiger partial charge < -0.3 is 0 Å². The Morgan fingerprint density at radius 2 is 1.86 bits per heavy atom. The van der Waals surface area contributed by atoms with Gasteiger partial charge in [0, 0.05) is 0 Å². The average Bonchev–Trinajstić information content (AvgIpc) is 2.56. The first-order valence-corrected chi connectivity index (χ1v) is 12.2.